The quantitative estimate of drug-likeness (QED) is 0.711. The van der Waals surface area contributed by atoms with Crippen LogP contribution < -0.4 is 0 Å². The molecule has 0 radical (unpaired) electrons. The minimum absolute atomic E-state index is 0.0423. The standard InChI is InChI=1S/C21H23N3O3S/c1-14-17-12-18(20(27)23-9-7-15(8-10-23)11-19(25)26)28-21(17)24(22-14)13-16-5-3-2-4-6-16/h2-6,12,15H,7-11,13H2,1H3,(H,25,26). The van der Waals surface area contributed by atoms with Gasteiger partial charge in [0.2, 0.25) is 0 Å². The molecule has 2 aromatic heterocycles. The van der Waals surface area contributed by atoms with E-state index in [1.54, 1.807) is 0 Å². The molecule has 0 saturated carbocycles. The highest BCUT2D eigenvalue weighted by Gasteiger charge is 2.26. The molecule has 4 rings (SSSR count). The Bertz CT molecular complexity index is 1000. The van der Waals surface area contributed by atoms with Crippen LogP contribution in [0.3, 0.4) is 0 Å². The van der Waals surface area contributed by atoms with Crippen LogP contribution in [0, 0.1) is 12.8 Å². The Balaban J connectivity index is 1.51. The molecule has 0 unspecified atom stereocenters. The molecule has 3 aromatic rings. The number of fused-ring (bicyclic) bond motifs is 1. The number of aliphatic carboxylic acids is 1. The molecule has 0 aliphatic carbocycles. The summed E-state index contributed by atoms with van der Waals surface area (Å²) in [6.45, 7) is 3.91. The zero-order valence-corrected chi connectivity index (χ0v) is 16.6. The van der Waals surface area contributed by atoms with E-state index >= 15 is 0 Å². The first-order valence-electron chi connectivity index (χ1n) is 9.53. The highest BCUT2D eigenvalue weighted by Crippen LogP contribution is 2.31. The summed E-state index contributed by atoms with van der Waals surface area (Å²) >= 11 is 1.49. The second kappa shape index (κ2) is 7.75. The van der Waals surface area contributed by atoms with Crippen LogP contribution in [0.25, 0.3) is 10.2 Å². The van der Waals surface area contributed by atoms with Gasteiger partial charge >= 0.3 is 5.97 Å². The second-order valence-electron chi connectivity index (χ2n) is 7.39. The van der Waals surface area contributed by atoms with Gasteiger partial charge in [0.25, 0.3) is 5.91 Å². The summed E-state index contributed by atoms with van der Waals surface area (Å²) in [5, 5.41) is 14.6. The lowest BCUT2D eigenvalue weighted by Gasteiger charge is -2.31. The largest absolute Gasteiger partial charge is 0.481 e. The van der Waals surface area contributed by atoms with Crippen molar-refractivity contribution in [2.45, 2.75) is 32.7 Å². The summed E-state index contributed by atoms with van der Waals surface area (Å²) in [6, 6.07) is 12.1. The fourth-order valence-corrected chi connectivity index (χ4v) is 4.95. The van der Waals surface area contributed by atoms with Gasteiger partial charge in [0, 0.05) is 24.9 Å². The maximum atomic E-state index is 13.0. The lowest BCUT2D eigenvalue weighted by atomic mass is 9.93. The number of piperidine rings is 1. The smallest absolute Gasteiger partial charge is 0.303 e. The lowest BCUT2D eigenvalue weighted by Crippen LogP contribution is -2.38. The summed E-state index contributed by atoms with van der Waals surface area (Å²) in [5.74, 6) is -0.543. The number of amides is 1. The third kappa shape index (κ3) is 3.80. The van der Waals surface area contributed by atoms with Crippen LogP contribution in [0.15, 0.2) is 36.4 Å². The minimum atomic E-state index is -0.757. The number of carboxylic acids is 1. The van der Waals surface area contributed by atoms with Gasteiger partial charge in [0.05, 0.1) is 17.1 Å². The van der Waals surface area contributed by atoms with E-state index in [1.165, 1.54) is 16.9 Å². The minimum Gasteiger partial charge on any atom is -0.481 e. The van der Waals surface area contributed by atoms with Crippen LogP contribution in [0.5, 0.6) is 0 Å². The molecule has 1 aromatic carbocycles. The van der Waals surface area contributed by atoms with Crippen molar-refractivity contribution in [3.63, 3.8) is 0 Å². The van der Waals surface area contributed by atoms with Gasteiger partial charge in [-0.1, -0.05) is 30.3 Å². The van der Waals surface area contributed by atoms with E-state index in [2.05, 4.69) is 17.2 Å². The Morgan fingerprint density at radius 1 is 1.21 bits per heavy atom. The number of likely N-dealkylation sites (tertiary alicyclic amines) is 1. The van der Waals surface area contributed by atoms with Gasteiger partial charge in [-0.05, 0) is 37.3 Å². The number of rotatable bonds is 5. The Labute approximate surface area is 167 Å². The molecule has 1 saturated heterocycles. The first-order valence-corrected chi connectivity index (χ1v) is 10.3. The molecule has 1 N–H and O–H groups in total. The Hall–Kier alpha value is -2.67. The summed E-state index contributed by atoms with van der Waals surface area (Å²) < 4.78 is 1.97. The Morgan fingerprint density at radius 2 is 1.93 bits per heavy atom. The highest BCUT2D eigenvalue weighted by atomic mass is 32.1. The van der Waals surface area contributed by atoms with Crippen molar-refractivity contribution in [3.8, 4) is 0 Å². The van der Waals surface area contributed by atoms with E-state index in [9.17, 15) is 9.59 Å². The van der Waals surface area contributed by atoms with Crippen molar-refractivity contribution in [1.29, 1.82) is 0 Å². The predicted molar refractivity (Wildman–Crippen MR) is 109 cm³/mol. The van der Waals surface area contributed by atoms with Gasteiger partial charge in [-0.2, -0.15) is 5.10 Å². The second-order valence-corrected chi connectivity index (χ2v) is 8.42. The number of aryl methyl sites for hydroxylation is 1. The van der Waals surface area contributed by atoms with E-state index in [-0.39, 0.29) is 18.2 Å². The van der Waals surface area contributed by atoms with Crippen LogP contribution in [0.1, 0.15) is 40.2 Å². The van der Waals surface area contributed by atoms with Gasteiger partial charge in [-0.15, -0.1) is 11.3 Å². The number of hydrogen-bond acceptors (Lipinski definition) is 4. The Morgan fingerprint density at radius 3 is 2.61 bits per heavy atom. The molecule has 0 atom stereocenters. The van der Waals surface area contributed by atoms with Gasteiger partial charge in [-0.25, -0.2) is 0 Å². The molecule has 28 heavy (non-hydrogen) atoms. The topological polar surface area (TPSA) is 75.4 Å². The molecular formula is C21H23N3O3S. The summed E-state index contributed by atoms with van der Waals surface area (Å²) in [6.07, 6.45) is 1.70. The van der Waals surface area contributed by atoms with Gasteiger partial charge < -0.3 is 10.0 Å². The molecule has 3 heterocycles. The third-order valence-corrected chi connectivity index (χ3v) is 6.49. The van der Waals surface area contributed by atoms with Gasteiger partial charge in [0.15, 0.2) is 0 Å². The van der Waals surface area contributed by atoms with E-state index in [4.69, 9.17) is 5.11 Å². The van der Waals surface area contributed by atoms with Crippen molar-refractivity contribution in [1.82, 2.24) is 14.7 Å². The Kier molecular flexibility index (Phi) is 5.17. The number of carbonyl (C=O) groups excluding carboxylic acids is 1. The summed E-state index contributed by atoms with van der Waals surface area (Å²) in [4.78, 5) is 27.5. The number of thiophene rings is 1. The molecule has 1 aliphatic heterocycles. The van der Waals surface area contributed by atoms with E-state index in [1.807, 2.05) is 40.8 Å². The summed E-state index contributed by atoms with van der Waals surface area (Å²) in [7, 11) is 0. The first kappa shape index (κ1) is 18.7. The van der Waals surface area contributed by atoms with Crippen molar-refractivity contribution < 1.29 is 14.7 Å². The number of benzene rings is 1. The zero-order chi connectivity index (χ0) is 19.7. The molecule has 1 aliphatic rings. The molecular weight excluding hydrogens is 374 g/mol. The van der Waals surface area contributed by atoms with Crippen molar-refractivity contribution in [3.05, 3.63) is 52.5 Å². The normalized spacial score (nSPS) is 15.2. The van der Waals surface area contributed by atoms with Gasteiger partial charge in [0.1, 0.15) is 4.83 Å². The number of carboxylic acid groups (broad SMARTS) is 1. The van der Waals surface area contributed by atoms with Crippen LogP contribution in [0.2, 0.25) is 0 Å². The number of nitrogens with zero attached hydrogens (tertiary/aromatic N) is 3. The average Bonchev–Trinajstić information content (AvgIpc) is 3.24. The van der Waals surface area contributed by atoms with Crippen LogP contribution in [-0.4, -0.2) is 44.8 Å². The molecule has 0 bridgehead atoms. The molecule has 146 valence electrons. The maximum absolute atomic E-state index is 13.0. The fraction of sp³-hybridized carbons (Fsp3) is 0.381. The zero-order valence-electron chi connectivity index (χ0n) is 15.8. The maximum Gasteiger partial charge on any atom is 0.303 e. The number of aromatic nitrogens is 2. The molecule has 1 amide bonds. The first-order chi connectivity index (χ1) is 13.5. The summed E-state index contributed by atoms with van der Waals surface area (Å²) in [5.41, 5.74) is 2.11. The number of carbonyl (C=O) groups is 2. The van der Waals surface area contributed by atoms with Gasteiger partial charge in [-0.3, -0.25) is 14.3 Å². The molecule has 0 spiro atoms. The average molecular weight is 398 g/mol. The van der Waals surface area contributed by atoms with Crippen molar-refractivity contribution >= 4 is 33.4 Å². The van der Waals surface area contributed by atoms with Crippen LogP contribution in [-0.2, 0) is 11.3 Å². The molecule has 6 nitrogen and oxygen atoms in total. The van der Waals surface area contributed by atoms with E-state index in [0.29, 0.717) is 19.6 Å². The fourth-order valence-electron chi connectivity index (χ4n) is 3.82. The molecule has 1 fully saturated rings. The van der Waals surface area contributed by atoms with Crippen LogP contribution >= 0.6 is 11.3 Å². The molecule has 7 heteroatoms. The number of hydrogen-bond donors (Lipinski definition) is 1. The monoisotopic (exact) mass is 397 g/mol. The SMILES string of the molecule is Cc1nn(Cc2ccccc2)c2sc(C(=O)N3CCC(CC(=O)O)CC3)cc12. The lowest BCUT2D eigenvalue weighted by molar-refractivity contribution is -0.138. The van der Waals surface area contributed by atoms with Crippen molar-refractivity contribution in [2.75, 3.05) is 13.1 Å². The third-order valence-electron chi connectivity index (χ3n) is 5.36. The van der Waals surface area contributed by atoms with E-state index in [0.717, 1.165) is 33.6 Å². The highest BCUT2D eigenvalue weighted by molar-refractivity contribution is 7.20. The van der Waals surface area contributed by atoms with E-state index < -0.39 is 5.97 Å². The van der Waals surface area contributed by atoms with Crippen LogP contribution in [0.4, 0.5) is 0 Å². The van der Waals surface area contributed by atoms with Crippen molar-refractivity contribution in [2.24, 2.45) is 5.92 Å². The predicted octanol–water partition coefficient (Wildman–Crippen LogP) is 3.78.